The molecule has 1 N–H and O–H groups in total. The van der Waals surface area contributed by atoms with E-state index in [1.807, 2.05) is 0 Å². The Balaban J connectivity index is 2.69. The molecule has 0 atom stereocenters. The lowest BCUT2D eigenvalue weighted by molar-refractivity contribution is 0.104. The summed E-state index contributed by atoms with van der Waals surface area (Å²) >= 11 is 12.0. The molecule has 0 aliphatic carbocycles. The quantitative estimate of drug-likeness (QED) is 0.656. The molecule has 2 aromatic carbocycles. The van der Waals surface area contributed by atoms with E-state index in [9.17, 15) is 9.90 Å². The Morgan fingerprint density at radius 1 is 1.11 bits per heavy atom. The average molecular weight is 293 g/mol. The van der Waals surface area contributed by atoms with Crippen LogP contribution in [0.2, 0.25) is 10.0 Å². The van der Waals surface area contributed by atoms with Gasteiger partial charge in [-0.1, -0.05) is 35.8 Å². The lowest BCUT2D eigenvalue weighted by atomic mass is 9.96. The molecule has 0 saturated carbocycles. The average Bonchev–Trinajstić information content (AvgIpc) is 2.38. The predicted molar refractivity (Wildman–Crippen MR) is 78.1 cm³/mol. The zero-order valence-corrected chi connectivity index (χ0v) is 11.4. The van der Waals surface area contributed by atoms with Crippen LogP contribution in [-0.2, 0) is 0 Å². The largest absolute Gasteiger partial charge is 0.508 e. The third-order valence-electron chi connectivity index (χ3n) is 2.68. The van der Waals surface area contributed by atoms with Gasteiger partial charge in [-0.2, -0.15) is 0 Å². The summed E-state index contributed by atoms with van der Waals surface area (Å²) in [4.78, 5) is 11.8. The van der Waals surface area contributed by atoms with Gasteiger partial charge in [0.2, 0.25) is 0 Å². The number of hydrogen-bond donors (Lipinski definition) is 1. The maximum atomic E-state index is 11.8. The van der Waals surface area contributed by atoms with Crippen molar-refractivity contribution in [3.05, 3.63) is 64.7 Å². The Labute approximate surface area is 120 Å². The van der Waals surface area contributed by atoms with Gasteiger partial charge in [0, 0.05) is 21.2 Å². The van der Waals surface area contributed by atoms with Crippen LogP contribution < -0.4 is 0 Å². The fraction of sp³-hybridized carbons (Fsp3) is 0. The van der Waals surface area contributed by atoms with Gasteiger partial charge in [-0.25, -0.2) is 0 Å². The molecule has 0 aliphatic heterocycles. The van der Waals surface area contributed by atoms with Gasteiger partial charge in [0.05, 0.1) is 0 Å². The summed E-state index contributed by atoms with van der Waals surface area (Å²) in [6.07, 6.45) is 1.22. The van der Waals surface area contributed by atoms with Crippen LogP contribution in [0.3, 0.4) is 0 Å². The van der Waals surface area contributed by atoms with Gasteiger partial charge in [0.15, 0.2) is 5.78 Å². The summed E-state index contributed by atoms with van der Waals surface area (Å²) in [5.41, 5.74) is 1.61. The third kappa shape index (κ3) is 2.80. The van der Waals surface area contributed by atoms with Crippen LogP contribution in [0, 0.1) is 0 Å². The number of rotatable bonds is 3. The highest BCUT2D eigenvalue weighted by Crippen LogP contribution is 2.34. The van der Waals surface area contributed by atoms with E-state index in [2.05, 4.69) is 6.58 Å². The molecule has 0 aliphatic rings. The second kappa shape index (κ2) is 5.47. The summed E-state index contributed by atoms with van der Waals surface area (Å²) in [5, 5.41) is 10.5. The summed E-state index contributed by atoms with van der Waals surface area (Å²) < 4.78 is 0. The lowest BCUT2D eigenvalue weighted by Crippen LogP contribution is -1.97. The zero-order chi connectivity index (χ0) is 14.0. The van der Waals surface area contributed by atoms with Crippen LogP contribution in [-0.4, -0.2) is 10.9 Å². The van der Waals surface area contributed by atoms with Crippen LogP contribution in [0.5, 0.6) is 5.75 Å². The Morgan fingerprint density at radius 3 is 2.47 bits per heavy atom. The van der Waals surface area contributed by atoms with Gasteiger partial charge in [-0.15, -0.1) is 0 Å². The van der Waals surface area contributed by atoms with Crippen molar-refractivity contribution in [1.29, 1.82) is 0 Å². The Bertz CT molecular complexity index is 663. The van der Waals surface area contributed by atoms with Gasteiger partial charge >= 0.3 is 0 Å². The number of hydrogen-bond acceptors (Lipinski definition) is 2. The van der Waals surface area contributed by atoms with E-state index in [-0.39, 0.29) is 11.5 Å². The fourth-order valence-corrected chi connectivity index (χ4v) is 2.30. The van der Waals surface area contributed by atoms with Crippen molar-refractivity contribution in [3.63, 3.8) is 0 Å². The van der Waals surface area contributed by atoms with Gasteiger partial charge in [0.1, 0.15) is 5.75 Å². The molecular formula is C15H10Cl2O2. The van der Waals surface area contributed by atoms with Gasteiger partial charge in [-0.3, -0.25) is 4.79 Å². The number of phenolic OH excluding ortho intramolecular Hbond substituents is 1. The monoisotopic (exact) mass is 292 g/mol. The van der Waals surface area contributed by atoms with Crippen LogP contribution in [0.1, 0.15) is 10.4 Å². The van der Waals surface area contributed by atoms with Gasteiger partial charge in [-0.05, 0) is 42.0 Å². The first-order chi connectivity index (χ1) is 9.02. The molecule has 2 aromatic rings. The van der Waals surface area contributed by atoms with Crippen molar-refractivity contribution in [2.24, 2.45) is 0 Å². The number of carbonyl (C=O) groups is 1. The van der Waals surface area contributed by atoms with Crippen LogP contribution >= 0.6 is 23.2 Å². The maximum absolute atomic E-state index is 11.8. The molecule has 0 heterocycles. The molecule has 0 amide bonds. The van der Waals surface area contributed by atoms with Crippen LogP contribution in [0.25, 0.3) is 11.1 Å². The highest BCUT2D eigenvalue weighted by Gasteiger charge is 2.14. The van der Waals surface area contributed by atoms with Crippen molar-refractivity contribution in [2.45, 2.75) is 0 Å². The number of carbonyl (C=O) groups excluding carboxylic acids is 1. The minimum atomic E-state index is -0.235. The van der Waals surface area contributed by atoms with Crippen LogP contribution in [0.15, 0.2) is 49.1 Å². The first kappa shape index (κ1) is 13.7. The highest BCUT2D eigenvalue weighted by molar-refractivity contribution is 6.36. The molecule has 0 unspecified atom stereocenters. The summed E-state index contributed by atoms with van der Waals surface area (Å²) in [6.45, 7) is 3.46. The molecule has 0 aromatic heterocycles. The molecule has 19 heavy (non-hydrogen) atoms. The number of ketones is 1. The molecule has 0 radical (unpaired) electrons. The minimum absolute atomic E-state index is 0.0571. The fourth-order valence-electron chi connectivity index (χ4n) is 1.79. The third-order valence-corrected chi connectivity index (χ3v) is 3.22. The first-order valence-corrected chi connectivity index (χ1v) is 6.23. The van der Waals surface area contributed by atoms with E-state index >= 15 is 0 Å². The molecule has 0 spiro atoms. The van der Waals surface area contributed by atoms with E-state index < -0.39 is 0 Å². The standard InChI is InChI=1S/C15H10Cl2O2/c1-2-15(19)12-6-4-10(18)8-13(12)11-5-3-9(16)7-14(11)17/h2-8,18H,1H2. The second-order valence-corrected chi connectivity index (χ2v) is 4.77. The first-order valence-electron chi connectivity index (χ1n) is 5.48. The summed E-state index contributed by atoms with van der Waals surface area (Å²) in [7, 11) is 0. The second-order valence-electron chi connectivity index (χ2n) is 3.92. The SMILES string of the molecule is C=CC(=O)c1ccc(O)cc1-c1ccc(Cl)cc1Cl. The molecule has 96 valence electrons. The molecule has 2 nitrogen and oxygen atoms in total. The van der Waals surface area contributed by atoms with Crippen molar-refractivity contribution in [3.8, 4) is 16.9 Å². The molecule has 2 rings (SSSR count). The number of aromatic hydroxyl groups is 1. The minimum Gasteiger partial charge on any atom is -0.508 e. The lowest BCUT2D eigenvalue weighted by Gasteiger charge is -2.10. The molecule has 0 saturated heterocycles. The van der Waals surface area contributed by atoms with E-state index in [1.54, 1.807) is 24.3 Å². The summed E-state index contributed by atoms with van der Waals surface area (Å²) in [6, 6.07) is 9.45. The number of phenols is 1. The van der Waals surface area contributed by atoms with Gasteiger partial charge in [0.25, 0.3) is 0 Å². The molecule has 0 fully saturated rings. The summed E-state index contributed by atoms with van der Waals surface area (Å²) in [5.74, 6) is -0.178. The van der Waals surface area contributed by atoms with Crippen molar-refractivity contribution in [1.82, 2.24) is 0 Å². The van der Waals surface area contributed by atoms with Crippen molar-refractivity contribution >= 4 is 29.0 Å². The van der Waals surface area contributed by atoms with Crippen molar-refractivity contribution < 1.29 is 9.90 Å². The Hall–Kier alpha value is -1.77. The van der Waals surface area contributed by atoms with E-state index in [0.717, 1.165) is 0 Å². The van der Waals surface area contributed by atoms with Gasteiger partial charge < -0.3 is 5.11 Å². The topological polar surface area (TPSA) is 37.3 Å². The number of benzene rings is 2. The zero-order valence-electron chi connectivity index (χ0n) is 9.86. The predicted octanol–water partition coefficient (Wildman–Crippen LogP) is 4.73. The highest BCUT2D eigenvalue weighted by atomic mass is 35.5. The van der Waals surface area contributed by atoms with E-state index in [0.29, 0.717) is 26.7 Å². The molecular weight excluding hydrogens is 283 g/mol. The number of allylic oxidation sites excluding steroid dienone is 1. The smallest absolute Gasteiger partial charge is 0.185 e. The Morgan fingerprint density at radius 2 is 1.84 bits per heavy atom. The normalized spacial score (nSPS) is 10.2. The van der Waals surface area contributed by atoms with E-state index in [1.165, 1.54) is 18.2 Å². The van der Waals surface area contributed by atoms with Crippen LogP contribution in [0.4, 0.5) is 0 Å². The molecule has 0 bridgehead atoms. The van der Waals surface area contributed by atoms with E-state index in [4.69, 9.17) is 23.2 Å². The number of halogens is 2. The molecule has 4 heteroatoms. The maximum Gasteiger partial charge on any atom is 0.185 e. The Kier molecular flexibility index (Phi) is 3.93. The van der Waals surface area contributed by atoms with Crippen molar-refractivity contribution in [2.75, 3.05) is 0 Å².